The van der Waals surface area contributed by atoms with Gasteiger partial charge in [0.05, 0.1) is 5.25 Å². The van der Waals surface area contributed by atoms with E-state index in [0.717, 1.165) is 18.8 Å². The highest BCUT2D eigenvalue weighted by Crippen LogP contribution is 2.24. The lowest BCUT2D eigenvalue weighted by Crippen LogP contribution is -2.42. The van der Waals surface area contributed by atoms with Crippen LogP contribution in [0.4, 0.5) is 0 Å². The van der Waals surface area contributed by atoms with Crippen molar-refractivity contribution in [1.82, 2.24) is 10.6 Å². The average molecular weight is 306 g/mol. The van der Waals surface area contributed by atoms with Gasteiger partial charge in [0, 0.05) is 18.3 Å². The van der Waals surface area contributed by atoms with Crippen LogP contribution >= 0.6 is 11.8 Å². The quantitative estimate of drug-likeness (QED) is 0.814. The second-order valence-electron chi connectivity index (χ2n) is 6.00. The molecule has 0 aromatic heterocycles. The van der Waals surface area contributed by atoms with Gasteiger partial charge in [-0.25, -0.2) is 0 Å². The van der Waals surface area contributed by atoms with Gasteiger partial charge in [0.15, 0.2) is 0 Å². The second kappa shape index (κ2) is 8.44. The maximum absolute atomic E-state index is 12.4. The van der Waals surface area contributed by atoms with E-state index in [9.17, 15) is 4.79 Å². The van der Waals surface area contributed by atoms with E-state index >= 15 is 0 Å². The third-order valence-electron chi connectivity index (χ3n) is 3.82. The third kappa shape index (κ3) is 5.36. The van der Waals surface area contributed by atoms with Crippen LogP contribution in [0.2, 0.25) is 0 Å². The molecule has 3 nitrogen and oxygen atoms in total. The molecule has 0 saturated carbocycles. The summed E-state index contributed by atoms with van der Waals surface area (Å²) in [5, 5.41) is 6.56. The zero-order valence-corrected chi connectivity index (χ0v) is 13.8. The molecule has 1 amide bonds. The van der Waals surface area contributed by atoms with E-state index in [1.54, 1.807) is 11.8 Å². The standard InChI is InChI=1S/C17H26N2OS/c1-13(2)16(21-12-14-7-4-3-5-8-14)17(20)19-11-15-9-6-10-18-15/h3-5,7-8,13,15-16,18H,6,9-12H2,1-2H3,(H,19,20). The van der Waals surface area contributed by atoms with Crippen molar-refractivity contribution in [2.24, 2.45) is 5.92 Å². The number of benzene rings is 1. The summed E-state index contributed by atoms with van der Waals surface area (Å²) in [5.41, 5.74) is 1.28. The van der Waals surface area contributed by atoms with E-state index in [1.165, 1.54) is 18.4 Å². The molecule has 0 radical (unpaired) electrons. The molecule has 0 bridgehead atoms. The molecule has 2 N–H and O–H groups in total. The molecule has 1 aromatic carbocycles. The summed E-state index contributed by atoms with van der Waals surface area (Å²) >= 11 is 1.74. The van der Waals surface area contributed by atoms with Gasteiger partial charge < -0.3 is 10.6 Å². The maximum atomic E-state index is 12.4. The normalized spacial score (nSPS) is 19.7. The van der Waals surface area contributed by atoms with Crippen LogP contribution in [0.25, 0.3) is 0 Å². The SMILES string of the molecule is CC(C)C(SCc1ccccc1)C(=O)NCC1CCCN1. The predicted molar refractivity (Wildman–Crippen MR) is 90.4 cm³/mol. The number of carbonyl (C=O) groups excluding carboxylic acids is 1. The van der Waals surface area contributed by atoms with E-state index in [1.807, 2.05) is 18.2 Å². The molecule has 2 atom stereocenters. The van der Waals surface area contributed by atoms with Crippen LogP contribution in [-0.2, 0) is 10.5 Å². The van der Waals surface area contributed by atoms with Gasteiger partial charge in [-0.1, -0.05) is 44.2 Å². The van der Waals surface area contributed by atoms with Crippen molar-refractivity contribution in [3.63, 3.8) is 0 Å². The Kier molecular flexibility index (Phi) is 6.58. The summed E-state index contributed by atoms with van der Waals surface area (Å²) in [6.07, 6.45) is 2.39. The topological polar surface area (TPSA) is 41.1 Å². The molecule has 4 heteroatoms. The van der Waals surface area contributed by atoms with Crippen molar-refractivity contribution >= 4 is 17.7 Å². The van der Waals surface area contributed by atoms with E-state index in [4.69, 9.17) is 0 Å². The molecule has 0 aliphatic carbocycles. The fourth-order valence-electron chi connectivity index (χ4n) is 2.59. The van der Waals surface area contributed by atoms with Crippen LogP contribution in [0.3, 0.4) is 0 Å². The first-order chi connectivity index (χ1) is 10.2. The summed E-state index contributed by atoms with van der Waals surface area (Å²) in [6.45, 7) is 6.08. The molecule has 1 heterocycles. The maximum Gasteiger partial charge on any atom is 0.233 e. The Labute approximate surface area is 132 Å². The lowest BCUT2D eigenvalue weighted by atomic mass is 10.1. The molecule has 1 aliphatic rings. The van der Waals surface area contributed by atoms with Crippen molar-refractivity contribution in [1.29, 1.82) is 0 Å². The van der Waals surface area contributed by atoms with Gasteiger partial charge in [0.2, 0.25) is 5.91 Å². The molecule has 2 rings (SSSR count). The Morgan fingerprint density at radius 3 is 2.76 bits per heavy atom. The van der Waals surface area contributed by atoms with Crippen LogP contribution < -0.4 is 10.6 Å². The Hall–Kier alpha value is -1.00. The summed E-state index contributed by atoms with van der Waals surface area (Å²) < 4.78 is 0. The predicted octanol–water partition coefficient (Wildman–Crippen LogP) is 2.81. The third-order valence-corrected chi connectivity index (χ3v) is 5.44. The zero-order valence-electron chi connectivity index (χ0n) is 13.0. The molecule has 21 heavy (non-hydrogen) atoms. The highest BCUT2D eigenvalue weighted by atomic mass is 32.2. The van der Waals surface area contributed by atoms with Crippen molar-refractivity contribution in [3.05, 3.63) is 35.9 Å². The van der Waals surface area contributed by atoms with Gasteiger partial charge >= 0.3 is 0 Å². The Bertz CT molecular complexity index is 430. The fourth-order valence-corrected chi connectivity index (χ4v) is 3.77. The Morgan fingerprint density at radius 2 is 2.14 bits per heavy atom. The first-order valence-corrected chi connectivity index (χ1v) is 8.88. The van der Waals surface area contributed by atoms with Crippen molar-refractivity contribution in [2.75, 3.05) is 13.1 Å². The van der Waals surface area contributed by atoms with Gasteiger partial charge in [0.25, 0.3) is 0 Å². The van der Waals surface area contributed by atoms with Crippen LogP contribution in [-0.4, -0.2) is 30.3 Å². The van der Waals surface area contributed by atoms with Gasteiger partial charge in [0.1, 0.15) is 0 Å². The van der Waals surface area contributed by atoms with Crippen molar-refractivity contribution in [2.45, 2.75) is 43.7 Å². The first-order valence-electron chi connectivity index (χ1n) is 7.83. The molecule has 1 aliphatic heterocycles. The number of carbonyl (C=O) groups is 1. The van der Waals surface area contributed by atoms with Gasteiger partial charge in [-0.3, -0.25) is 4.79 Å². The number of amides is 1. The molecular weight excluding hydrogens is 280 g/mol. The van der Waals surface area contributed by atoms with Gasteiger partial charge in [-0.2, -0.15) is 0 Å². The lowest BCUT2D eigenvalue weighted by molar-refractivity contribution is -0.121. The Morgan fingerprint density at radius 1 is 1.38 bits per heavy atom. The number of nitrogens with one attached hydrogen (secondary N) is 2. The van der Waals surface area contributed by atoms with Crippen molar-refractivity contribution < 1.29 is 4.79 Å². The average Bonchev–Trinajstić information content (AvgIpc) is 2.99. The highest BCUT2D eigenvalue weighted by Gasteiger charge is 2.24. The van der Waals surface area contributed by atoms with Crippen molar-refractivity contribution in [3.8, 4) is 0 Å². The second-order valence-corrected chi connectivity index (χ2v) is 7.13. The van der Waals surface area contributed by atoms with Crippen LogP contribution in [0.15, 0.2) is 30.3 Å². The van der Waals surface area contributed by atoms with E-state index in [2.05, 4.69) is 36.6 Å². The monoisotopic (exact) mass is 306 g/mol. The van der Waals surface area contributed by atoms with Gasteiger partial charge in [-0.05, 0) is 30.9 Å². The van der Waals surface area contributed by atoms with E-state index in [-0.39, 0.29) is 11.2 Å². The highest BCUT2D eigenvalue weighted by molar-refractivity contribution is 7.99. The van der Waals surface area contributed by atoms with Crippen LogP contribution in [0.1, 0.15) is 32.3 Å². The van der Waals surface area contributed by atoms with Crippen LogP contribution in [0, 0.1) is 5.92 Å². The van der Waals surface area contributed by atoms with E-state index < -0.39 is 0 Å². The number of thioether (sulfide) groups is 1. The zero-order chi connectivity index (χ0) is 15.1. The molecule has 1 fully saturated rings. The largest absolute Gasteiger partial charge is 0.354 e. The Balaban J connectivity index is 1.81. The smallest absolute Gasteiger partial charge is 0.233 e. The minimum atomic E-state index is 0.0200. The summed E-state index contributed by atoms with van der Waals surface area (Å²) in [6, 6.07) is 10.8. The molecule has 2 unspecified atom stereocenters. The molecule has 116 valence electrons. The summed E-state index contributed by atoms with van der Waals surface area (Å²) in [7, 11) is 0. The lowest BCUT2D eigenvalue weighted by Gasteiger charge is -2.21. The first kappa shape index (κ1) is 16.4. The number of hydrogen-bond acceptors (Lipinski definition) is 3. The summed E-state index contributed by atoms with van der Waals surface area (Å²) in [4.78, 5) is 12.4. The number of hydrogen-bond donors (Lipinski definition) is 2. The number of rotatable bonds is 7. The fraction of sp³-hybridized carbons (Fsp3) is 0.588. The minimum absolute atomic E-state index is 0.0200. The van der Waals surface area contributed by atoms with Crippen LogP contribution in [0.5, 0.6) is 0 Å². The van der Waals surface area contributed by atoms with E-state index in [0.29, 0.717) is 12.0 Å². The molecular formula is C17H26N2OS. The van der Waals surface area contributed by atoms with Gasteiger partial charge in [-0.15, -0.1) is 11.8 Å². The summed E-state index contributed by atoms with van der Waals surface area (Å²) in [5.74, 6) is 1.41. The molecule has 1 saturated heterocycles. The molecule has 0 spiro atoms. The minimum Gasteiger partial charge on any atom is -0.354 e. The molecule has 1 aromatic rings.